The fourth-order valence-electron chi connectivity index (χ4n) is 1.95. The summed E-state index contributed by atoms with van der Waals surface area (Å²) >= 11 is 0. The first-order chi connectivity index (χ1) is 9.02. The molecule has 1 aromatic heterocycles. The van der Waals surface area contributed by atoms with Gasteiger partial charge in [0.1, 0.15) is 6.33 Å². The van der Waals surface area contributed by atoms with E-state index < -0.39 is 0 Å². The zero-order valence-electron chi connectivity index (χ0n) is 12.1. The highest BCUT2D eigenvalue weighted by Crippen LogP contribution is 2.25. The third kappa shape index (κ3) is 3.20. The van der Waals surface area contributed by atoms with Crippen LogP contribution < -0.4 is 0 Å². The molecule has 1 aromatic carbocycles. The molecular weight excluding hydrogens is 238 g/mol. The van der Waals surface area contributed by atoms with Gasteiger partial charge >= 0.3 is 0 Å². The maximum absolute atomic E-state index is 5.09. The van der Waals surface area contributed by atoms with Gasteiger partial charge in [0.2, 0.25) is 0 Å². The van der Waals surface area contributed by atoms with Crippen molar-refractivity contribution in [3.05, 3.63) is 36.2 Å². The maximum atomic E-state index is 5.09. The molecule has 0 fully saturated rings. The standard InChI is InChI=1S/C15H21N3O/c1-15(2,3)13-7-5-12(6-8-13)14-17-16-11-18(14)9-10-19-4/h5-8,11H,9-10H2,1-4H3. The number of methoxy groups -OCH3 is 1. The lowest BCUT2D eigenvalue weighted by molar-refractivity contribution is 0.187. The summed E-state index contributed by atoms with van der Waals surface area (Å²) in [5, 5.41) is 8.17. The van der Waals surface area contributed by atoms with Crippen molar-refractivity contribution in [3.63, 3.8) is 0 Å². The number of benzene rings is 1. The van der Waals surface area contributed by atoms with Crippen LogP contribution in [0.15, 0.2) is 30.6 Å². The molecule has 0 N–H and O–H groups in total. The second-order valence-electron chi connectivity index (χ2n) is 5.67. The van der Waals surface area contributed by atoms with Crippen LogP contribution in [0.25, 0.3) is 11.4 Å². The van der Waals surface area contributed by atoms with E-state index in [4.69, 9.17) is 4.74 Å². The molecule has 0 saturated heterocycles. The first-order valence-electron chi connectivity index (χ1n) is 6.50. The van der Waals surface area contributed by atoms with Crippen LogP contribution in [0.3, 0.4) is 0 Å². The lowest BCUT2D eigenvalue weighted by Crippen LogP contribution is -2.10. The molecule has 4 nitrogen and oxygen atoms in total. The molecule has 2 rings (SSSR count). The van der Waals surface area contributed by atoms with E-state index >= 15 is 0 Å². The molecule has 19 heavy (non-hydrogen) atoms. The zero-order chi connectivity index (χ0) is 13.9. The molecule has 2 aromatic rings. The second-order valence-corrected chi connectivity index (χ2v) is 5.67. The Bertz CT molecular complexity index is 523. The summed E-state index contributed by atoms with van der Waals surface area (Å²) in [6, 6.07) is 8.52. The molecule has 0 atom stereocenters. The summed E-state index contributed by atoms with van der Waals surface area (Å²) in [7, 11) is 1.70. The van der Waals surface area contributed by atoms with Gasteiger partial charge in [0.05, 0.1) is 6.61 Å². The summed E-state index contributed by atoms with van der Waals surface area (Å²) in [4.78, 5) is 0. The minimum atomic E-state index is 0.169. The highest BCUT2D eigenvalue weighted by Gasteiger charge is 2.14. The number of nitrogens with zero attached hydrogens (tertiary/aromatic N) is 3. The third-order valence-corrected chi connectivity index (χ3v) is 3.16. The molecular formula is C15H21N3O. The van der Waals surface area contributed by atoms with Crippen LogP contribution in [-0.2, 0) is 16.7 Å². The first kappa shape index (κ1) is 13.7. The van der Waals surface area contributed by atoms with E-state index in [1.807, 2.05) is 4.57 Å². The van der Waals surface area contributed by atoms with Gasteiger partial charge in [-0.2, -0.15) is 0 Å². The smallest absolute Gasteiger partial charge is 0.163 e. The van der Waals surface area contributed by atoms with E-state index in [2.05, 4.69) is 55.2 Å². The number of hydrogen-bond donors (Lipinski definition) is 0. The normalized spacial score (nSPS) is 11.8. The Morgan fingerprint density at radius 1 is 1.16 bits per heavy atom. The van der Waals surface area contributed by atoms with E-state index in [0.717, 1.165) is 17.9 Å². The highest BCUT2D eigenvalue weighted by molar-refractivity contribution is 5.55. The van der Waals surface area contributed by atoms with E-state index in [-0.39, 0.29) is 5.41 Å². The van der Waals surface area contributed by atoms with Gasteiger partial charge in [-0.05, 0) is 11.0 Å². The predicted octanol–water partition coefficient (Wildman–Crippen LogP) is 2.89. The predicted molar refractivity (Wildman–Crippen MR) is 76.0 cm³/mol. The van der Waals surface area contributed by atoms with Gasteiger partial charge in [-0.1, -0.05) is 45.0 Å². The van der Waals surface area contributed by atoms with Crippen molar-refractivity contribution in [3.8, 4) is 11.4 Å². The van der Waals surface area contributed by atoms with Crippen LogP contribution in [0.4, 0.5) is 0 Å². The Morgan fingerprint density at radius 2 is 1.84 bits per heavy atom. The molecule has 0 aliphatic heterocycles. The largest absolute Gasteiger partial charge is 0.383 e. The van der Waals surface area contributed by atoms with Crippen molar-refractivity contribution < 1.29 is 4.74 Å². The maximum Gasteiger partial charge on any atom is 0.163 e. The Hall–Kier alpha value is -1.68. The van der Waals surface area contributed by atoms with Crippen molar-refractivity contribution in [2.45, 2.75) is 32.7 Å². The Morgan fingerprint density at radius 3 is 2.42 bits per heavy atom. The van der Waals surface area contributed by atoms with Crippen LogP contribution in [0.5, 0.6) is 0 Å². The molecule has 1 heterocycles. The van der Waals surface area contributed by atoms with Crippen LogP contribution in [0.1, 0.15) is 26.3 Å². The summed E-state index contributed by atoms with van der Waals surface area (Å²) in [5.74, 6) is 0.887. The average Bonchev–Trinajstić information content (AvgIpc) is 2.83. The van der Waals surface area contributed by atoms with E-state index in [1.54, 1.807) is 13.4 Å². The van der Waals surface area contributed by atoms with Gasteiger partial charge in [-0.3, -0.25) is 0 Å². The third-order valence-electron chi connectivity index (χ3n) is 3.16. The molecule has 0 unspecified atom stereocenters. The molecule has 0 bridgehead atoms. The Labute approximate surface area is 114 Å². The van der Waals surface area contributed by atoms with E-state index in [0.29, 0.717) is 6.61 Å². The Kier molecular flexibility index (Phi) is 4.00. The van der Waals surface area contributed by atoms with E-state index in [9.17, 15) is 0 Å². The van der Waals surface area contributed by atoms with Crippen LogP contribution in [-0.4, -0.2) is 28.5 Å². The van der Waals surface area contributed by atoms with Crippen molar-refractivity contribution >= 4 is 0 Å². The number of ether oxygens (including phenoxy) is 1. The van der Waals surface area contributed by atoms with Crippen molar-refractivity contribution in [2.24, 2.45) is 0 Å². The zero-order valence-corrected chi connectivity index (χ0v) is 12.1. The average molecular weight is 259 g/mol. The summed E-state index contributed by atoms with van der Waals surface area (Å²) < 4.78 is 7.10. The van der Waals surface area contributed by atoms with Gasteiger partial charge in [-0.15, -0.1) is 10.2 Å². The highest BCUT2D eigenvalue weighted by atomic mass is 16.5. The summed E-state index contributed by atoms with van der Waals surface area (Å²) in [6.45, 7) is 8.06. The number of aromatic nitrogens is 3. The minimum Gasteiger partial charge on any atom is -0.383 e. The SMILES string of the molecule is COCCn1cnnc1-c1ccc(C(C)(C)C)cc1. The number of hydrogen-bond acceptors (Lipinski definition) is 3. The van der Waals surface area contributed by atoms with E-state index in [1.165, 1.54) is 5.56 Å². The van der Waals surface area contributed by atoms with Crippen molar-refractivity contribution in [2.75, 3.05) is 13.7 Å². The van der Waals surface area contributed by atoms with Crippen LogP contribution in [0, 0.1) is 0 Å². The molecule has 0 amide bonds. The molecule has 0 spiro atoms. The van der Waals surface area contributed by atoms with Gasteiger partial charge in [0, 0.05) is 19.2 Å². The van der Waals surface area contributed by atoms with Crippen LogP contribution >= 0.6 is 0 Å². The molecule has 0 aliphatic carbocycles. The molecule has 102 valence electrons. The quantitative estimate of drug-likeness (QED) is 0.847. The lowest BCUT2D eigenvalue weighted by atomic mass is 9.87. The van der Waals surface area contributed by atoms with Gasteiger partial charge in [0.25, 0.3) is 0 Å². The van der Waals surface area contributed by atoms with Crippen LogP contribution in [0.2, 0.25) is 0 Å². The topological polar surface area (TPSA) is 39.9 Å². The monoisotopic (exact) mass is 259 g/mol. The molecule has 0 saturated carbocycles. The lowest BCUT2D eigenvalue weighted by Gasteiger charge is -2.19. The summed E-state index contributed by atoms with van der Waals surface area (Å²) in [6.07, 6.45) is 1.74. The minimum absolute atomic E-state index is 0.169. The Balaban J connectivity index is 2.25. The molecule has 0 radical (unpaired) electrons. The van der Waals surface area contributed by atoms with Gasteiger partial charge in [-0.25, -0.2) is 0 Å². The number of rotatable bonds is 4. The van der Waals surface area contributed by atoms with Gasteiger partial charge < -0.3 is 9.30 Å². The molecule has 4 heteroatoms. The fourth-order valence-corrected chi connectivity index (χ4v) is 1.95. The van der Waals surface area contributed by atoms with Gasteiger partial charge in [0.15, 0.2) is 5.82 Å². The molecule has 0 aliphatic rings. The first-order valence-corrected chi connectivity index (χ1v) is 6.50. The van der Waals surface area contributed by atoms with Crippen molar-refractivity contribution in [1.82, 2.24) is 14.8 Å². The fraction of sp³-hybridized carbons (Fsp3) is 0.467. The second kappa shape index (κ2) is 5.53. The van der Waals surface area contributed by atoms with Crippen molar-refractivity contribution in [1.29, 1.82) is 0 Å². The summed E-state index contributed by atoms with van der Waals surface area (Å²) in [5.41, 5.74) is 2.57.